The first-order valence-electron chi connectivity index (χ1n) is 4.61. The molecule has 1 heterocycles. The minimum Gasteiger partial charge on any atom is -0.541 e. The Balaban J connectivity index is 0.00000180. The molecule has 0 saturated carbocycles. The number of nitrogens with zero attached hydrogens (tertiary/aromatic N) is 2. The fourth-order valence-electron chi connectivity index (χ4n) is 1.33. The van der Waals surface area contributed by atoms with Crippen LogP contribution in [0.25, 0.3) is 11.5 Å². The molecule has 1 aromatic carbocycles. The zero-order chi connectivity index (χ0) is 13.3. The third-order valence-corrected chi connectivity index (χ3v) is 2.07. The van der Waals surface area contributed by atoms with E-state index in [-0.39, 0.29) is 56.9 Å². The van der Waals surface area contributed by atoms with Crippen LogP contribution in [0.1, 0.15) is 16.2 Å². The van der Waals surface area contributed by atoms with E-state index in [1.807, 2.05) is 0 Å². The van der Waals surface area contributed by atoms with E-state index >= 15 is 0 Å². The van der Waals surface area contributed by atoms with Crippen LogP contribution < -0.4 is 56.5 Å². The number of carbonyl (C=O) groups is 1. The van der Waals surface area contributed by atoms with Gasteiger partial charge in [-0.25, -0.2) is 0 Å². The van der Waals surface area contributed by atoms with Crippen LogP contribution in [-0.4, -0.2) is 16.1 Å². The first kappa shape index (κ1) is 16.3. The molecule has 0 aliphatic carbocycles. The predicted octanol–water partition coefficient (Wildman–Crippen LogP) is -1.88. The molecule has 2 aromatic rings. The number of halogens is 3. The molecule has 2 rings (SSSR count). The number of carboxylic acids is 1. The van der Waals surface area contributed by atoms with Gasteiger partial charge in [-0.05, 0) is 12.1 Å². The van der Waals surface area contributed by atoms with Crippen LogP contribution in [0.5, 0.6) is 0 Å². The zero-order valence-electron chi connectivity index (χ0n) is 9.56. The molecule has 0 radical (unpaired) electrons. The van der Waals surface area contributed by atoms with Crippen molar-refractivity contribution in [3.63, 3.8) is 0 Å². The van der Waals surface area contributed by atoms with Gasteiger partial charge in [0.05, 0.1) is 11.1 Å². The Labute approximate surface area is 147 Å². The summed E-state index contributed by atoms with van der Waals surface area (Å²) in [5.41, 5.74) is -1.37. The third kappa shape index (κ3) is 3.63. The molecule has 5 nitrogen and oxygen atoms in total. The molecule has 0 atom stereocenters. The molecular weight excluding hydrogens is 292 g/mol. The number of rotatable bonds is 2. The van der Waals surface area contributed by atoms with Gasteiger partial charge < -0.3 is 14.4 Å². The number of hydrogen-bond donors (Lipinski definition) is 0. The van der Waals surface area contributed by atoms with E-state index in [4.69, 9.17) is 0 Å². The molecule has 0 N–H and O–H groups in total. The van der Waals surface area contributed by atoms with Crippen LogP contribution in [-0.2, 0) is 6.18 Å². The Morgan fingerprint density at radius 3 is 2.42 bits per heavy atom. The summed E-state index contributed by atoms with van der Waals surface area (Å²) in [7, 11) is 0. The van der Waals surface area contributed by atoms with Crippen molar-refractivity contribution < 1.29 is 79.0 Å². The first-order chi connectivity index (χ1) is 8.39. The van der Waals surface area contributed by atoms with Gasteiger partial charge in [0, 0.05) is 0 Å². The van der Waals surface area contributed by atoms with Gasteiger partial charge in [-0.15, -0.1) is 0 Å². The normalized spacial score (nSPS) is 10.9. The number of aromatic nitrogens is 2. The minimum absolute atomic E-state index is 0. The Kier molecular flexibility index (Phi) is 5.27. The molecule has 94 valence electrons. The van der Waals surface area contributed by atoms with Crippen molar-refractivity contribution in [3.8, 4) is 11.5 Å². The van der Waals surface area contributed by atoms with Crippen LogP contribution >= 0.6 is 0 Å². The van der Waals surface area contributed by atoms with E-state index in [0.717, 1.165) is 12.1 Å². The van der Waals surface area contributed by atoms with Gasteiger partial charge in [-0.3, -0.25) is 0 Å². The van der Waals surface area contributed by atoms with Crippen molar-refractivity contribution in [2.75, 3.05) is 0 Å². The molecule has 1 aromatic heterocycles. The molecule has 9 heteroatoms. The number of alkyl halides is 3. The van der Waals surface area contributed by atoms with Crippen LogP contribution in [0.2, 0.25) is 0 Å². The average molecular weight is 296 g/mol. The second-order valence-electron chi connectivity index (χ2n) is 3.25. The van der Waals surface area contributed by atoms with Crippen LogP contribution in [0.15, 0.2) is 28.8 Å². The second-order valence-corrected chi connectivity index (χ2v) is 3.25. The van der Waals surface area contributed by atoms with Crippen LogP contribution in [0, 0.1) is 0 Å². The van der Waals surface area contributed by atoms with Crippen molar-refractivity contribution >= 4 is 5.97 Å². The summed E-state index contributed by atoms with van der Waals surface area (Å²) in [6.45, 7) is 0. The van der Waals surface area contributed by atoms with E-state index < -0.39 is 29.4 Å². The molecule has 0 unspecified atom stereocenters. The largest absolute Gasteiger partial charge is 1.00 e. The topological polar surface area (TPSA) is 79.0 Å². The summed E-state index contributed by atoms with van der Waals surface area (Å²) in [6.07, 6.45) is -4.60. The van der Waals surface area contributed by atoms with Crippen molar-refractivity contribution in [2.24, 2.45) is 0 Å². The van der Waals surface area contributed by atoms with Gasteiger partial charge >= 0.3 is 57.6 Å². The quantitative estimate of drug-likeness (QED) is 0.606. The van der Waals surface area contributed by atoms with E-state index in [1.54, 1.807) is 0 Å². The number of carbonyl (C=O) groups excluding carboxylic acids is 1. The number of hydrogen-bond acceptors (Lipinski definition) is 5. The maximum absolute atomic E-state index is 12.7. The van der Waals surface area contributed by atoms with Gasteiger partial charge in [-0.1, -0.05) is 17.3 Å². The van der Waals surface area contributed by atoms with E-state index in [9.17, 15) is 23.1 Å². The summed E-state index contributed by atoms with van der Waals surface area (Å²) in [6, 6.07) is 4.48. The fraction of sp³-hybridized carbons (Fsp3) is 0.100. The molecule has 0 fully saturated rings. The third-order valence-electron chi connectivity index (χ3n) is 2.07. The number of aromatic carboxylic acids is 1. The molecular formula is C10H4F3KN2O3. The SMILES string of the molecule is O=C([O-])c1noc(-c2ccccc2C(F)(F)F)n1.[K+]. The minimum atomic E-state index is -4.60. The van der Waals surface area contributed by atoms with E-state index in [2.05, 4.69) is 14.7 Å². The van der Waals surface area contributed by atoms with Crippen LogP contribution in [0.4, 0.5) is 13.2 Å². The monoisotopic (exact) mass is 296 g/mol. The van der Waals surface area contributed by atoms with Crippen molar-refractivity contribution in [1.29, 1.82) is 0 Å². The fourth-order valence-corrected chi connectivity index (χ4v) is 1.33. The zero-order valence-corrected chi connectivity index (χ0v) is 12.7. The molecule has 0 spiro atoms. The summed E-state index contributed by atoms with van der Waals surface area (Å²) < 4.78 is 42.5. The molecule has 0 amide bonds. The molecule has 0 bridgehead atoms. The Hall–Kier alpha value is -0.744. The average Bonchev–Trinajstić information content (AvgIpc) is 2.77. The summed E-state index contributed by atoms with van der Waals surface area (Å²) in [4.78, 5) is 13.7. The Morgan fingerprint density at radius 2 is 1.89 bits per heavy atom. The second kappa shape index (κ2) is 6.14. The Morgan fingerprint density at radius 1 is 1.26 bits per heavy atom. The first-order valence-corrected chi connectivity index (χ1v) is 4.61. The van der Waals surface area contributed by atoms with Crippen molar-refractivity contribution in [2.45, 2.75) is 6.18 Å². The molecule has 19 heavy (non-hydrogen) atoms. The Bertz CT molecular complexity index is 598. The van der Waals surface area contributed by atoms with Crippen LogP contribution in [0.3, 0.4) is 0 Å². The van der Waals surface area contributed by atoms with Gasteiger partial charge in [0.2, 0.25) is 5.82 Å². The smallest absolute Gasteiger partial charge is 0.541 e. The van der Waals surface area contributed by atoms with Crippen molar-refractivity contribution in [1.82, 2.24) is 10.1 Å². The molecule has 0 saturated heterocycles. The van der Waals surface area contributed by atoms with Gasteiger partial charge in [-0.2, -0.15) is 18.2 Å². The number of benzene rings is 1. The summed E-state index contributed by atoms with van der Waals surface area (Å²) >= 11 is 0. The number of carboxylic acid groups (broad SMARTS) is 1. The van der Waals surface area contributed by atoms with Gasteiger partial charge in [0.25, 0.3) is 5.89 Å². The summed E-state index contributed by atoms with van der Waals surface area (Å²) in [5, 5.41) is 13.4. The standard InChI is InChI=1S/C10H5F3N2O3.K/c11-10(12,13)6-4-2-1-3-5(6)8-14-7(9(16)17)15-18-8;/h1-4H,(H,16,17);/q;+1/p-1. The van der Waals surface area contributed by atoms with E-state index in [0.29, 0.717) is 0 Å². The van der Waals surface area contributed by atoms with E-state index in [1.165, 1.54) is 12.1 Å². The van der Waals surface area contributed by atoms with Gasteiger partial charge in [0.1, 0.15) is 5.97 Å². The molecule has 0 aliphatic rings. The van der Waals surface area contributed by atoms with Crippen molar-refractivity contribution in [3.05, 3.63) is 35.7 Å². The summed E-state index contributed by atoms with van der Waals surface area (Å²) in [5.74, 6) is -3.06. The maximum Gasteiger partial charge on any atom is 1.00 e. The van der Waals surface area contributed by atoms with Gasteiger partial charge in [0.15, 0.2) is 0 Å². The molecule has 0 aliphatic heterocycles. The maximum atomic E-state index is 12.7. The predicted molar refractivity (Wildman–Crippen MR) is 49.1 cm³/mol.